The van der Waals surface area contributed by atoms with Gasteiger partial charge in [0.2, 0.25) is 11.7 Å². The highest BCUT2D eigenvalue weighted by Crippen LogP contribution is 2.48. The summed E-state index contributed by atoms with van der Waals surface area (Å²) in [6, 6.07) is 13.5. The second-order valence-corrected chi connectivity index (χ2v) is 9.31. The Hall–Kier alpha value is -4.01. The number of carbonyl (C=O) groups excluding carboxylic acids is 1. The van der Waals surface area contributed by atoms with Gasteiger partial charge < -0.3 is 9.42 Å². The lowest BCUT2D eigenvalue weighted by molar-refractivity contribution is -0.384. The van der Waals surface area contributed by atoms with E-state index >= 15 is 0 Å². The van der Waals surface area contributed by atoms with E-state index in [0.717, 1.165) is 11.3 Å². The number of hydrogen-bond donors (Lipinski definition) is 0. The van der Waals surface area contributed by atoms with Crippen molar-refractivity contribution in [2.45, 2.75) is 38.3 Å². The van der Waals surface area contributed by atoms with Gasteiger partial charge in [-0.2, -0.15) is 4.98 Å². The number of aromatic nitrogens is 2. The third kappa shape index (κ3) is 3.27. The summed E-state index contributed by atoms with van der Waals surface area (Å²) >= 11 is 0. The van der Waals surface area contributed by atoms with Crippen LogP contribution < -0.4 is 9.80 Å². The molecule has 3 heterocycles. The van der Waals surface area contributed by atoms with Crippen molar-refractivity contribution in [3.8, 4) is 0 Å². The molecule has 2 atom stereocenters. The van der Waals surface area contributed by atoms with E-state index in [0.29, 0.717) is 17.2 Å². The maximum Gasteiger partial charge on any atom is 0.269 e. The Morgan fingerprint density at radius 3 is 2.42 bits per heavy atom. The van der Waals surface area contributed by atoms with Crippen molar-refractivity contribution < 1.29 is 14.2 Å². The number of benzene rings is 2. The van der Waals surface area contributed by atoms with Crippen LogP contribution in [0.3, 0.4) is 0 Å². The van der Waals surface area contributed by atoms with Crippen molar-refractivity contribution in [2.24, 2.45) is 0 Å². The quantitative estimate of drug-likeness (QED) is 0.438. The molecule has 0 saturated heterocycles. The molecule has 0 N–H and O–H groups in total. The van der Waals surface area contributed by atoms with Crippen LogP contribution in [0, 0.1) is 10.1 Å². The van der Waals surface area contributed by atoms with Crippen LogP contribution in [0.2, 0.25) is 0 Å². The topological polar surface area (TPSA) is 106 Å². The number of hydrogen-bond acceptors (Lipinski definition) is 7. The molecule has 168 valence electrons. The number of nitrogens with zero attached hydrogens (tertiary/aromatic N) is 5. The van der Waals surface area contributed by atoms with E-state index < -0.39 is 4.92 Å². The second-order valence-electron chi connectivity index (χ2n) is 9.31. The summed E-state index contributed by atoms with van der Waals surface area (Å²) in [6.45, 7) is 5.88. The minimum Gasteiger partial charge on any atom is -0.365 e. The van der Waals surface area contributed by atoms with Gasteiger partial charge in [-0.3, -0.25) is 19.8 Å². The molecule has 5 rings (SSSR count). The van der Waals surface area contributed by atoms with Gasteiger partial charge in [0.25, 0.3) is 11.6 Å². The van der Waals surface area contributed by atoms with Crippen LogP contribution in [0.1, 0.15) is 44.1 Å². The SMILES string of the molecule is CN1c2ccccc2C2C1C=C(c1noc(C(C)(C)C)n1)C(=O)N2c1ccc([N+](=O)[O-])cc1. The zero-order valence-electron chi connectivity index (χ0n) is 18.7. The first-order valence-electron chi connectivity index (χ1n) is 10.6. The predicted octanol–water partition coefficient (Wildman–Crippen LogP) is 4.27. The van der Waals surface area contributed by atoms with Crippen LogP contribution in [-0.2, 0) is 10.2 Å². The number of likely N-dealkylation sites (N-methyl/N-ethyl adjacent to an activating group) is 1. The Morgan fingerprint density at radius 1 is 1.09 bits per heavy atom. The Bertz CT molecular complexity index is 1290. The first-order chi connectivity index (χ1) is 15.7. The molecule has 0 aliphatic carbocycles. The molecular formula is C24H23N5O4. The molecule has 2 aliphatic heterocycles. The molecule has 9 nitrogen and oxygen atoms in total. The number of para-hydroxylation sites is 1. The van der Waals surface area contributed by atoms with Crippen molar-refractivity contribution in [2.75, 3.05) is 16.8 Å². The van der Waals surface area contributed by atoms with Gasteiger partial charge in [-0.05, 0) is 24.3 Å². The number of rotatable bonds is 3. The van der Waals surface area contributed by atoms with Gasteiger partial charge in [-0.15, -0.1) is 0 Å². The number of non-ortho nitro benzene ring substituents is 1. The van der Waals surface area contributed by atoms with Crippen molar-refractivity contribution >= 4 is 28.5 Å². The number of nitro groups is 1. The van der Waals surface area contributed by atoms with Crippen molar-refractivity contribution in [3.05, 3.63) is 82.0 Å². The molecule has 3 aromatic rings. The zero-order chi connectivity index (χ0) is 23.5. The summed E-state index contributed by atoms with van der Waals surface area (Å²) < 4.78 is 5.45. The fraction of sp³-hybridized carbons (Fsp3) is 0.292. The fourth-order valence-corrected chi connectivity index (χ4v) is 4.43. The number of fused-ring (bicyclic) bond motifs is 3. The van der Waals surface area contributed by atoms with Crippen LogP contribution in [0.4, 0.5) is 17.1 Å². The largest absolute Gasteiger partial charge is 0.365 e. The third-order valence-corrected chi connectivity index (χ3v) is 6.12. The van der Waals surface area contributed by atoms with Gasteiger partial charge in [0.15, 0.2) is 0 Å². The van der Waals surface area contributed by atoms with Crippen LogP contribution in [0.25, 0.3) is 5.57 Å². The van der Waals surface area contributed by atoms with Gasteiger partial charge in [0.1, 0.15) is 0 Å². The van der Waals surface area contributed by atoms with Crippen LogP contribution in [0.15, 0.2) is 59.1 Å². The second kappa shape index (κ2) is 7.26. The lowest BCUT2D eigenvalue weighted by Crippen LogP contribution is -2.46. The highest BCUT2D eigenvalue weighted by atomic mass is 16.6. The molecule has 0 spiro atoms. The van der Waals surface area contributed by atoms with Gasteiger partial charge in [0, 0.05) is 41.5 Å². The molecule has 1 aromatic heterocycles. The van der Waals surface area contributed by atoms with Gasteiger partial charge in [0.05, 0.1) is 22.6 Å². The Morgan fingerprint density at radius 2 is 1.79 bits per heavy atom. The summed E-state index contributed by atoms with van der Waals surface area (Å²) in [6.07, 6.45) is 1.90. The number of anilines is 2. The monoisotopic (exact) mass is 445 g/mol. The minimum absolute atomic E-state index is 0.0348. The summed E-state index contributed by atoms with van der Waals surface area (Å²) in [4.78, 5) is 32.8. The normalized spacial score (nSPS) is 19.9. The highest BCUT2D eigenvalue weighted by Gasteiger charge is 2.47. The van der Waals surface area contributed by atoms with E-state index in [1.807, 2.05) is 58.2 Å². The summed E-state index contributed by atoms with van der Waals surface area (Å²) in [5.74, 6) is 0.398. The molecule has 33 heavy (non-hydrogen) atoms. The molecule has 0 saturated carbocycles. The standard InChI is InChI=1S/C24H23N5O4/c1-24(2,3)23-25-21(26-33-23)17-13-19-20(16-7-5-6-8-18(16)27(19)4)28(22(17)30)14-9-11-15(12-10-14)29(31)32/h5-13,19-20H,1-4H3. The summed E-state index contributed by atoms with van der Waals surface area (Å²) in [5, 5.41) is 15.2. The van der Waals surface area contributed by atoms with Crippen LogP contribution >= 0.6 is 0 Å². The van der Waals surface area contributed by atoms with E-state index in [9.17, 15) is 14.9 Å². The van der Waals surface area contributed by atoms with Gasteiger partial charge in [-0.25, -0.2) is 0 Å². The van der Waals surface area contributed by atoms with Gasteiger partial charge in [-0.1, -0.05) is 44.1 Å². The molecule has 9 heteroatoms. The third-order valence-electron chi connectivity index (χ3n) is 6.12. The van der Waals surface area contributed by atoms with E-state index in [1.165, 1.54) is 12.1 Å². The average molecular weight is 445 g/mol. The zero-order valence-corrected chi connectivity index (χ0v) is 18.7. The van der Waals surface area contributed by atoms with Crippen LogP contribution in [0.5, 0.6) is 0 Å². The van der Waals surface area contributed by atoms with E-state index in [1.54, 1.807) is 17.0 Å². The first-order valence-corrected chi connectivity index (χ1v) is 10.6. The van der Waals surface area contributed by atoms with Crippen LogP contribution in [-0.4, -0.2) is 34.1 Å². The highest BCUT2D eigenvalue weighted by molar-refractivity contribution is 6.27. The lowest BCUT2D eigenvalue weighted by atomic mass is 9.93. The molecule has 1 amide bonds. The number of carbonyl (C=O) groups is 1. The smallest absolute Gasteiger partial charge is 0.269 e. The van der Waals surface area contributed by atoms with E-state index in [4.69, 9.17) is 4.52 Å². The molecule has 0 fully saturated rings. The molecule has 2 aromatic carbocycles. The maximum absolute atomic E-state index is 13.8. The van der Waals surface area contributed by atoms with E-state index in [-0.39, 0.29) is 34.9 Å². The fourth-order valence-electron chi connectivity index (χ4n) is 4.43. The Labute approximate surface area is 190 Å². The number of nitro benzene ring substituents is 1. The van der Waals surface area contributed by atoms with Crippen molar-refractivity contribution in [1.29, 1.82) is 0 Å². The predicted molar refractivity (Wildman–Crippen MR) is 123 cm³/mol. The first kappa shape index (κ1) is 20.9. The Kier molecular flexibility index (Phi) is 4.59. The van der Waals surface area contributed by atoms with E-state index in [2.05, 4.69) is 15.0 Å². The molecule has 2 aliphatic rings. The maximum atomic E-state index is 13.8. The van der Waals surface area contributed by atoms with Crippen molar-refractivity contribution in [1.82, 2.24) is 10.1 Å². The molecule has 2 unspecified atom stereocenters. The Balaban J connectivity index is 1.66. The average Bonchev–Trinajstić information content (AvgIpc) is 3.38. The molecule has 0 bridgehead atoms. The molecule has 0 radical (unpaired) electrons. The summed E-state index contributed by atoms with van der Waals surface area (Å²) in [5.41, 5.74) is 2.55. The minimum atomic E-state index is -0.456. The lowest BCUT2D eigenvalue weighted by Gasteiger charge is -2.38. The number of amides is 1. The summed E-state index contributed by atoms with van der Waals surface area (Å²) in [7, 11) is 1.98. The molecular weight excluding hydrogens is 422 g/mol. The van der Waals surface area contributed by atoms with Gasteiger partial charge >= 0.3 is 0 Å². The van der Waals surface area contributed by atoms with Crippen molar-refractivity contribution in [3.63, 3.8) is 0 Å².